The van der Waals surface area contributed by atoms with Crippen molar-refractivity contribution in [2.45, 2.75) is 13.8 Å². The van der Waals surface area contributed by atoms with Gasteiger partial charge in [-0.15, -0.1) is 0 Å². The van der Waals surface area contributed by atoms with Crippen LogP contribution in [0.5, 0.6) is 0 Å². The number of anilines is 4. The summed E-state index contributed by atoms with van der Waals surface area (Å²) in [6.07, 6.45) is 3.23. The van der Waals surface area contributed by atoms with E-state index in [0.717, 1.165) is 23.4 Å². The molecule has 8 heteroatoms. The van der Waals surface area contributed by atoms with Crippen molar-refractivity contribution in [3.63, 3.8) is 0 Å². The van der Waals surface area contributed by atoms with Gasteiger partial charge in [-0.3, -0.25) is 14.8 Å². The molecule has 0 saturated carbocycles. The molecule has 0 atom stereocenters. The minimum Gasteiger partial charge on any atom is -0.354 e. The molecule has 0 saturated heterocycles. The number of nitrogens with one attached hydrogen (secondary N) is 3. The summed E-state index contributed by atoms with van der Waals surface area (Å²) in [5, 5.41) is 9.27. The minimum atomic E-state index is -0.204. The number of nitrogens with zero attached hydrogens (tertiary/aromatic N) is 4. The number of hydrogen-bond acceptors (Lipinski definition) is 7. The topological polar surface area (TPSA) is 105 Å². The number of carbonyl (C=O) groups excluding carboxylic acids is 1. The van der Waals surface area contributed by atoms with Gasteiger partial charge in [0.25, 0.3) is 5.91 Å². The third-order valence-electron chi connectivity index (χ3n) is 4.34. The molecular formula is C22H21N7O. The zero-order valence-corrected chi connectivity index (χ0v) is 16.7. The van der Waals surface area contributed by atoms with Gasteiger partial charge in [0.15, 0.2) is 0 Å². The van der Waals surface area contributed by atoms with Crippen LogP contribution in [0.25, 0.3) is 11.0 Å². The zero-order chi connectivity index (χ0) is 20.9. The largest absolute Gasteiger partial charge is 0.354 e. The Bertz CT molecular complexity index is 1190. The summed E-state index contributed by atoms with van der Waals surface area (Å²) >= 11 is 0. The highest BCUT2D eigenvalue weighted by molar-refractivity contribution is 6.05. The molecule has 0 fully saturated rings. The Morgan fingerprint density at radius 2 is 1.63 bits per heavy atom. The monoisotopic (exact) mass is 399 g/mol. The van der Waals surface area contributed by atoms with Crippen LogP contribution in [-0.4, -0.2) is 32.4 Å². The normalized spacial score (nSPS) is 10.6. The molecule has 2 aromatic carbocycles. The lowest BCUT2D eigenvalue weighted by Crippen LogP contribution is -2.12. The van der Waals surface area contributed by atoms with Crippen molar-refractivity contribution < 1.29 is 4.79 Å². The van der Waals surface area contributed by atoms with E-state index in [0.29, 0.717) is 28.5 Å². The molecule has 0 aliphatic rings. The zero-order valence-electron chi connectivity index (χ0n) is 16.7. The van der Waals surface area contributed by atoms with E-state index in [1.165, 1.54) is 0 Å². The van der Waals surface area contributed by atoms with Crippen molar-refractivity contribution in [3.05, 3.63) is 72.2 Å². The molecule has 0 spiro atoms. The van der Waals surface area contributed by atoms with Crippen molar-refractivity contribution >= 4 is 40.1 Å². The Labute approximate surface area is 173 Å². The van der Waals surface area contributed by atoms with Crippen LogP contribution in [0, 0.1) is 6.92 Å². The first-order chi connectivity index (χ1) is 14.6. The van der Waals surface area contributed by atoms with Crippen LogP contribution in [-0.2, 0) is 0 Å². The molecule has 0 aliphatic carbocycles. The predicted molar refractivity (Wildman–Crippen MR) is 118 cm³/mol. The Balaban J connectivity index is 1.45. The summed E-state index contributed by atoms with van der Waals surface area (Å²) in [6.45, 7) is 4.67. The Morgan fingerprint density at radius 1 is 0.900 bits per heavy atom. The van der Waals surface area contributed by atoms with E-state index in [2.05, 4.69) is 35.9 Å². The van der Waals surface area contributed by atoms with Gasteiger partial charge in [-0.25, -0.2) is 4.98 Å². The molecule has 150 valence electrons. The second-order valence-corrected chi connectivity index (χ2v) is 6.66. The molecule has 0 aliphatic heterocycles. The maximum Gasteiger partial charge on any atom is 0.255 e. The van der Waals surface area contributed by atoms with Crippen LogP contribution in [0.3, 0.4) is 0 Å². The average molecular weight is 399 g/mol. The van der Waals surface area contributed by atoms with Crippen LogP contribution in [0.1, 0.15) is 23.0 Å². The van der Waals surface area contributed by atoms with Crippen LogP contribution < -0.4 is 16.0 Å². The van der Waals surface area contributed by atoms with E-state index < -0.39 is 0 Å². The van der Waals surface area contributed by atoms with E-state index in [1.807, 2.05) is 44.2 Å². The smallest absolute Gasteiger partial charge is 0.255 e. The fourth-order valence-corrected chi connectivity index (χ4v) is 2.96. The van der Waals surface area contributed by atoms with Crippen molar-refractivity contribution in [1.82, 2.24) is 19.9 Å². The van der Waals surface area contributed by atoms with Gasteiger partial charge >= 0.3 is 0 Å². The molecule has 2 heterocycles. The highest BCUT2D eigenvalue weighted by atomic mass is 16.1. The molecule has 1 amide bonds. The van der Waals surface area contributed by atoms with Gasteiger partial charge in [-0.05, 0) is 56.3 Å². The lowest BCUT2D eigenvalue weighted by Gasteiger charge is -2.10. The molecule has 4 aromatic rings. The first kappa shape index (κ1) is 19.3. The summed E-state index contributed by atoms with van der Waals surface area (Å²) in [6, 6.07) is 14.6. The number of rotatable bonds is 6. The summed E-state index contributed by atoms with van der Waals surface area (Å²) in [5.41, 5.74) is 4.38. The van der Waals surface area contributed by atoms with Crippen LogP contribution in [0.15, 0.2) is 60.9 Å². The van der Waals surface area contributed by atoms with Gasteiger partial charge in [0.1, 0.15) is 5.82 Å². The van der Waals surface area contributed by atoms with E-state index in [4.69, 9.17) is 0 Å². The first-order valence-electron chi connectivity index (χ1n) is 9.59. The van der Waals surface area contributed by atoms with Gasteiger partial charge in [-0.1, -0.05) is 0 Å². The standard InChI is InChI=1S/C22H21N7O/c1-3-23-22-26-14(2)12-20(29-22)27-16-5-7-17(8-6-16)28-21(30)15-4-9-18-19(13-15)25-11-10-24-18/h4-13H,3H2,1-2H3,(H,28,30)(H2,23,26,27,29). The van der Waals surface area contributed by atoms with Gasteiger partial charge in [0.05, 0.1) is 11.0 Å². The Kier molecular flexibility index (Phi) is 5.47. The van der Waals surface area contributed by atoms with Crippen molar-refractivity contribution in [2.24, 2.45) is 0 Å². The van der Waals surface area contributed by atoms with Crippen molar-refractivity contribution in [2.75, 3.05) is 22.5 Å². The summed E-state index contributed by atoms with van der Waals surface area (Å²) in [5.74, 6) is 1.08. The van der Waals surface area contributed by atoms with Gasteiger partial charge in [-0.2, -0.15) is 4.98 Å². The molecule has 8 nitrogen and oxygen atoms in total. The number of aryl methyl sites for hydroxylation is 1. The van der Waals surface area contributed by atoms with E-state index >= 15 is 0 Å². The maximum atomic E-state index is 12.6. The highest BCUT2D eigenvalue weighted by Gasteiger charge is 2.08. The number of fused-ring (bicyclic) bond motifs is 1. The van der Waals surface area contributed by atoms with Gasteiger partial charge in [0, 0.05) is 47.6 Å². The number of benzene rings is 2. The van der Waals surface area contributed by atoms with Crippen LogP contribution >= 0.6 is 0 Å². The number of carbonyl (C=O) groups is 1. The lowest BCUT2D eigenvalue weighted by atomic mass is 10.1. The number of amides is 1. The number of aromatic nitrogens is 4. The van der Waals surface area contributed by atoms with Crippen molar-refractivity contribution in [1.29, 1.82) is 0 Å². The molecule has 0 radical (unpaired) electrons. The summed E-state index contributed by atoms with van der Waals surface area (Å²) in [7, 11) is 0. The van der Waals surface area contributed by atoms with Crippen LogP contribution in [0.2, 0.25) is 0 Å². The SMILES string of the molecule is CCNc1nc(C)cc(Nc2ccc(NC(=O)c3ccc4nccnc4c3)cc2)n1. The highest BCUT2D eigenvalue weighted by Crippen LogP contribution is 2.20. The molecule has 0 bridgehead atoms. The third-order valence-corrected chi connectivity index (χ3v) is 4.34. The van der Waals surface area contributed by atoms with E-state index in [-0.39, 0.29) is 5.91 Å². The molecule has 4 rings (SSSR count). The second kappa shape index (κ2) is 8.52. The third kappa shape index (κ3) is 4.49. The van der Waals surface area contributed by atoms with Crippen molar-refractivity contribution in [3.8, 4) is 0 Å². The van der Waals surface area contributed by atoms with Gasteiger partial charge in [0.2, 0.25) is 5.95 Å². The second-order valence-electron chi connectivity index (χ2n) is 6.66. The average Bonchev–Trinajstić information content (AvgIpc) is 2.74. The first-order valence-corrected chi connectivity index (χ1v) is 9.59. The van der Waals surface area contributed by atoms with Crippen LogP contribution in [0.4, 0.5) is 23.1 Å². The van der Waals surface area contributed by atoms with E-state index in [1.54, 1.807) is 30.6 Å². The molecular weight excluding hydrogens is 378 g/mol. The molecule has 0 unspecified atom stereocenters. The predicted octanol–water partition coefficient (Wildman–Crippen LogP) is 4.16. The van der Waals surface area contributed by atoms with E-state index in [9.17, 15) is 4.79 Å². The maximum absolute atomic E-state index is 12.6. The molecule has 2 aromatic heterocycles. The Morgan fingerprint density at radius 3 is 2.40 bits per heavy atom. The number of hydrogen-bond donors (Lipinski definition) is 3. The van der Waals surface area contributed by atoms with Gasteiger partial charge < -0.3 is 16.0 Å². The Hall–Kier alpha value is -4.07. The molecule has 30 heavy (non-hydrogen) atoms. The fraction of sp³-hybridized carbons (Fsp3) is 0.136. The quantitative estimate of drug-likeness (QED) is 0.447. The summed E-state index contributed by atoms with van der Waals surface area (Å²) < 4.78 is 0. The fourth-order valence-electron chi connectivity index (χ4n) is 2.96. The lowest BCUT2D eigenvalue weighted by molar-refractivity contribution is 0.102. The summed E-state index contributed by atoms with van der Waals surface area (Å²) in [4.78, 5) is 29.8. The minimum absolute atomic E-state index is 0.204. The molecule has 3 N–H and O–H groups in total.